The summed E-state index contributed by atoms with van der Waals surface area (Å²) in [5.74, 6) is -0.0233. The predicted molar refractivity (Wildman–Crippen MR) is 83.4 cm³/mol. The fourth-order valence-corrected chi connectivity index (χ4v) is 2.56. The van der Waals surface area contributed by atoms with Gasteiger partial charge >= 0.3 is 5.97 Å². The minimum absolute atomic E-state index is 0.622. The van der Waals surface area contributed by atoms with E-state index in [4.69, 9.17) is 0 Å². The maximum absolute atomic E-state index is 11.4. The number of aryl methyl sites for hydroxylation is 1. The zero-order chi connectivity index (χ0) is 15.6. The van der Waals surface area contributed by atoms with Crippen LogP contribution >= 0.6 is 0 Å². The number of aromatic nitrogens is 2. The molecule has 1 aromatic heterocycles. The lowest BCUT2D eigenvalue weighted by molar-refractivity contribution is -0.140. The third-order valence-electron chi connectivity index (χ3n) is 3.92. The first-order valence-corrected chi connectivity index (χ1v) is 7.40. The molecular weight excluding hydrogens is 266 g/mol. The Kier molecular flexibility index (Phi) is 4.63. The van der Waals surface area contributed by atoms with Crippen molar-refractivity contribution < 1.29 is 9.90 Å². The highest BCUT2D eigenvalue weighted by atomic mass is 16.4. The fourth-order valence-electron chi connectivity index (χ4n) is 2.56. The highest BCUT2D eigenvalue weighted by Gasteiger charge is 2.21. The maximum atomic E-state index is 11.4. The molecule has 5 heteroatoms. The van der Waals surface area contributed by atoms with Crippen LogP contribution in [0, 0.1) is 6.92 Å². The number of rotatable bonds is 6. The number of fused-ring (bicyclic) bond motifs is 1. The molecule has 0 bridgehead atoms. The third kappa shape index (κ3) is 3.08. The molecule has 0 saturated heterocycles. The monoisotopic (exact) mass is 289 g/mol. The van der Waals surface area contributed by atoms with Gasteiger partial charge in [0.15, 0.2) is 0 Å². The molecule has 0 aliphatic heterocycles. The Morgan fingerprint density at radius 2 is 2.05 bits per heavy atom. The van der Waals surface area contributed by atoms with Crippen molar-refractivity contribution in [2.24, 2.45) is 0 Å². The number of nitrogens with zero attached hydrogens (tertiary/aromatic N) is 3. The van der Waals surface area contributed by atoms with Gasteiger partial charge in [0.25, 0.3) is 0 Å². The molecule has 0 saturated carbocycles. The van der Waals surface area contributed by atoms with Crippen molar-refractivity contribution in [2.45, 2.75) is 40.3 Å². The van der Waals surface area contributed by atoms with Gasteiger partial charge in [-0.3, -0.25) is 4.90 Å². The molecular formula is C16H23N3O2. The van der Waals surface area contributed by atoms with E-state index in [9.17, 15) is 9.90 Å². The highest BCUT2D eigenvalue weighted by Crippen LogP contribution is 2.23. The van der Waals surface area contributed by atoms with E-state index in [-0.39, 0.29) is 0 Å². The first kappa shape index (κ1) is 15.5. The summed E-state index contributed by atoms with van der Waals surface area (Å²) in [6.45, 7) is 10.4. The molecule has 0 fully saturated rings. The first-order chi connectivity index (χ1) is 9.97. The van der Waals surface area contributed by atoms with Crippen LogP contribution in [-0.4, -0.2) is 38.6 Å². The van der Waals surface area contributed by atoms with Gasteiger partial charge in [-0.15, -0.1) is 0 Å². The Morgan fingerprint density at radius 1 is 1.38 bits per heavy atom. The standard InChI is InChI=1S/C16H23N3O2/c1-5-18(6-2)10-15-17-13-9-11(3)7-8-14(13)19(15)12(4)16(20)21/h7-9,12H,5-6,10H2,1-4H3,(H,20,21). The van der Waals surface area contributed by atoms with Crippen LogP contribution in [-0.2, 0) is 11.3 Å². The molecule has 5 nitrogen and oxygen atoms in total. The van der Waals surface area contributed by atoms with Crippen LogP contribution < -0.4 is 0 Å². The molecule has 1 heterocycles. The number of hydrogen-bond acceptors (Lipinski definition) is 3. The van der Waals surface area contributed by atoms with E-state index in [0.29, 0.717) is 6.54 Å². The highest BCUT2D eigenvalue weighted by molar-refractivity contribution is 5.80. The molecule has 0 aliphatic carbocycles. The van der Waals surface area contributed by atoms with Crippen molar-refractivity contribution in [1.29, 1.82) is 0 Å². The molecule has 0 spiro atoms. The SMILES string of the molecule is CCN(CC)Cc1nc2cc(C)ccc2n1C(C)C(=O)O. The van der Waals surface area contributed by atoms with E-state index in [1.807, 2.05) is 29.7 Å². The van der Waals surface area contributed by atoms with E-state index in [1.165, 1.54) is 0 Å². The van der Waals surface area contributed by atoms with Crippen LogP contribution in [0.3, 0.4) is 0 Å². The molecule has 1 atom stereocenters. The minimum atomic E-state index is -0.837. The number of carboxylic acids is 1. The van der Waals surface area contributed by atoms with Gasteiger partial charge < -0.3 is 9.67 Å². The van der Waals surface area contributed by atoms with Gasteiger partial charge in [-0.05, 0) is 44.6 Å². The summed E-state index contributed by atoms with van der Waals surface area (Å²) in [6.07, 6.45) is 0. The summed E-state index contributed by atoms with van der Waals surface area (Å²) in [5.41, 5.74) is 2.88. The van der Waals surface area contributed by atoms with Crippen LogP contribution in [0.1, 0.15) is 38.2 Å². The van der Waals surface area contributed by atoms with Gasteiger partial charge in [-0.1, -0.05) is 19.9 Å². The van der Waals surface area contributed by atoms with Gasteiger partial charge in [-0.25, -0.2) is 9.78 Å². The van der Waals surface area contributed by atoms with Crippen molar-refractivity contribution in [3.8, 4) is 0 Å². The Hall–Kier alpha value is -1.88. The first-order valence-electron chi connectivity index (χ1n) is 7.40. The molecule has 114 valence electrons. The van der Waals surface area contributed by atoms with Crippen LogP contribution in [0.4, 0.5) is 0 Å². The lowest BCUT2D eigenvalue weighted by Gasteiger charge is -2.20. The molecule has 1 N–H and O–H groups in total. The molecule has 0 radical (unpaired) electrons. The van der Waals surface area contributed by atoms with Crippen LogP contribution in [0.2, 0.25) is 0 Å². The number of carboxylic acid groups (broad SMARTS) is 1. The second kappa shape index (κ2) is 6.26. The number of hydrogen-bond donors (Lipinski definition) is 1. The van der Waals surface area contributed by atoms with Crippen molar-refractivity contribution in [3.63, 3.8) is 0 Å². The smallest absolute Gasteiger partial charge is 0.326 e. The van der Waals surface area contributed by atoms with Gasteiger partial charge in [0.05, 0.1) is 17.6 Å². The molecule has 0 amide bonds. The van der Waals surface area contributed by atoms with Crippen molar-refractivity contribution >= 4 is 17.0 Å². The summed E-state index contributed by atoms with van der Waals surface area (Å²) in [6, 6.07) is 5.34. The number of aliphatic carboxylic acids is 1. The maximum Gasteiger partial charge on any atom is 0.326 e. The molecule has 21 heavy (non-hydrogen) atoms. The fraction of sp³-hybridized carbons (Fsp3) is 0.500. The minimum Gasteiger partial charge on any atom is -0.480 e. The topological polar surface area (TPSA) is 58.4 Å². The largest absolute Gasteiger partial charge is 0.480 e. The zero-order valence-corrected chi connectivity index (χ0v) is 13.1. The summed E-state index contributed by atoms with van der Waals surface area (Å²) < 4.78 is 1.84. The lowest BCUT2D eigenvalue weighted by atomic mass is 10.2. The number of imidazole rings is 1. The van der Waals surface area contributed by atoms with E-state index in [1.54, 1.807) is 6.92 Å². The molecule has 0 aliphatic rings. The molecule has 2 rings (SSSR count). The van der Waals surface area contributed by atoms with Crippen molar-refractivity contribution in [3.05, 3.63) is 29.6 Å². The summed E-state index contributed by atoms with van der Waals surface area (Å²) in [5, 5.41) is 9.38. The van der Waals surface area contributed by atoms with Gasteiger partial charge in [0.1, 0.15) is 11.9 Å². The van der Waals surface area contributed by atoms with E-state index < -0.39 is 12.0 Å². The normalized spacial score (nSPS) is 13.0. The third-order valence-corrected chi connectivity index (χ3v) is 3.92. The molecule has 1 aromatic carbocycles. The predicted octanol–water partition coefficient (Wildman–Crippen LogP) is 2.83. The number of carbonyl (C=O) groups is 1. The van der Waals surface area contributed by atoms with E-state index >= 15 is 0 Å². The Labute approximate surface area is 125 Å². The summed E-state index contributed by atoms with van der Waals surface area (Å²) in [4.78, 5) is 18.3. The number of benzene rings is 1. The quantitative estimate of drug-likeness (QED) is 0.888. The average molecular weight is 289 g/mol. The van der Waals surface area contributed by atoms with Crippen LogP contribution in [0.25, 0.3) is 11.0 Å². The van der Waals surface area contributed by atoms with E-state index in [0.717, 1.165) is 35.5 Å². The summed E-state index contributed by atoms with van der Waals surface area (Å²) >= 11 is 0. The molecule has 1 unspecified atom stereocenters. The molecule has 2 aromatic rings. The van der Waals surface area contributed by atoms with Gasteiger partial charge in [0, 0.05) is 0 Å². The van der Waals surface area contributed by atoms with Crippen LogP contribution in [0.5, 0.6) is 0 Å². The Morgan fingerprint density at radius 3 is 2.62 bits per heavy atom. The van der Waals surface area contributed by atoms with Gasteiger partial charge in [0.2, 0.25) is 0 Å². The Balaban J connectivity index is 2.56. The zero-order valence-electron chi connectivity index (χ0n) is 13.1. The second-order valence-electron chi connectivity index (χ2n) is 5.37. The van der Waals surface area contributed by atoms with E-state index in [2.05, 4.69) is 23.7 Å². The van der Waals surface area contributed by atoms with Crippen LogP contribution in [0.15, 0.2) is 18.2 Å². The lowest BCUT2D eigenvalue weighted by Crippen LogP contribution is -2.26. The van der Waals surface area contributed by atoms with Crippen molar-refractivity contribution in [2.75, 3.05) is 13.1 Å². The van der Waals surface area contributed by atoms with Crippen molar-refractivity contribution in [1.82, 2.24) is 14.5 Å². The average Bonchev–Trinajstić information content (AvgIpc) is 2.80. The Bertz CT molecular complexity index is 644. The van der Waals surface area contributed by atoms with Gasteiger partial charge in [-0.2, -0.15) is 0 Å². The second-order valence-corrected chi connectivity index (χ2v) is 5.37. The summed E-state index contributed by atoms with van der Waals surface area (Å²) in [7, 11) is 0.